The van der Waals surface area contributed by atoms with E-state index in [4.69, 9.17) is 4.74 Å². The maximum absolute atomic E-state index is 12.4. The number of imide groups is 1. The molecule has 2 aromatic carbocycles. The van der Waals surface area contributed by atoms with Crippen LogP contribution in [-0.4, -0.2) is 47.1 Å². The van der Waals surface area contributed by atoms with Crippen molar-refractivity contribution in [2.45, 2.75) is 25.4 Å². The van der Waals surface area contributed by atoms with Gasteiger partial charge in [0.25, 0.3) is 5.69 Å². The van der Waals surface area contributed by atoms with Crippen LogP contribution in [0.1, 0.15) is 28.8 Å². The summed E-state index contributed by atoms with van der Waals surface area (Å²) in [5, 5.41) is 15.6. The molecule has 1 saturated heterocycles. The van der Waals surface area contributed by atoms with Crippen LogP contribution in [0.2, 0.25) is 0 Å². The first-order chi connectivity index (χ1) is 15.3. The van der Waals surface area contributed by atoms with Gasteiger partial charge < -0.3 is 4.74 Å². The van der Waals surface area contributed by atoms with E-state index in [0.717, 1.165) is 0 Å². The van der Waals surface area contributed by atoms with E-state index in [-0.39, 0.29) is 30.3 Å². The minimum atomic E-state index is -0.855. The van der Waals surface area contributed by atoms with Gasteiger partial charge in [-0.25, -0.2) is 4.79 Å². The molecule has 0 bridgehead atoms. The maximum Gasteiger partial charge on any atom is 0.417 e. The number of nitro benzene ring substituents is 1. The number of piperidine rings is 1. The van der Waals surface area contributed by atoms with Crippen LogP contribution in [-0.2, 0) is 16.1 Å². The van der Waals surface area contributed by atoms with Crippen molar-refractivity contribution in [3.8, 4) is 5.75 Å². The van der Waals surface area contributed by atoms with Crippen LogP contribution in [0.25, 0.3) is 0 Å². The normalized spacial score (nSPS) is 15.8. The lowest BCUT2D eigenvalue weighted by Gasteiger charge is -2.30. The van der Waals surface area contributed by atoms with Crippen molar-refractivity contribution in [1.82, 2.24) is 10.2 Å². The third kappa shape index (κ3) is 5.32. The van der Waals surface area contributed by atoms with Gasteiger partial charge in [-0.15, -0.1) is 0 Å². The number of aldehydes is 1. The zero-order valence-corrected chi connectivity index (χ0v) is 17.1. The molecule has 166 valence electrons. The van der Waals surface area contributed by atoms with Gasteiger partial charge in [0.2, 0.25) is 11.8 Å². The molecule has 0 saturated carbocycles. The van der Waals surface area contributed by atoms with Gasteiger partial charge in [-0.05, 0) is 31.7 Å². The van der Waals surface area contributed by atoms with Crippen LogP contribution < -0.4 is 15.4 Å². The van der Waals surface area contributed by atoms with Crippen molar-refractivity contribution in [2.24, 2.45) is 0 Å². The van der Waals surface area contributed by atoms with Crippen LogP contribution in [0, 0.1) is 10.1 Å². The highest BCUT2D eigenvalue weighted by atomic mass is 16.6. The van der Waals surface area contributed by atoms with E-state index in [9.17, 15) is 29.3 Å². The average Bonchev–Trinajstić information content (AvgIpc) is 2.75. The summed E-state index contributed by atoms with van der Waals surface area (Å²) < 4.78 is 5.16. The molecule has 1 heterocycles. The van der Waals surface area contributed by atoms with Crippen LogP contribution >= 0.6 is 0 Å². The summed E-state index contributed by atoms with van der Waals surface area (Å²) in [5.74, 6) is -0.648. The number of rotatable bonds is 7. The minimum Gasteiger partial charge on any atom is -0.410 e. The lowest BCUT2D eigenvalue weighted by molar-refractivity contribution is -0.384. The minimum absolute atomic E-state index is 0.0989. The Hall–Kier alpha value is -4.12. The molecule has 1 aliphatic rings. The van der Waals surface area contributed by atoms with Crippen molar-refractivity contribution in [2.75, 3.05) is 12.4 Å². The Bertz CT molecular complexity index is 1070. The second-order valence-corrected chi connectivity index (χ2v) is 7.14. The number of likely N-dealkylation sites (N-methyl/N-ethyl adjacent to an activating group) is 1. The summed E-state index contributed by atoms with van der Waals surface area (Å²) in [7, 11) is 1.68. The van der Waals surface area contributed by atoms with E-state index >= 15 is 0 Å². The Morgan fingerprint density at radius 1 is 1.28 bits per heavy atom. The highest BCUT2D eigenvalue weighted by molar-refractivity contribution is 6.00. The number of amides is 3. The third-order valence-electron chi connectivity index (χ3n) is 4.98. The van der Waals surface area contributed by atoms with Crippen LogP contribution in [0.5, 0.6) is 5.75 Å². The molecule has 32 heavy (non-hydrogen) atoms. The number of carbonyl (C=O) groups is 4. The Balaban J connectivity index is 1.74. The fraction of sp³-hybridized carbons (Fsp3) is 0.238. The molecular formula is C21H20N4O7. The van der Waals surface area contributed by atoms with E-state index in [1.54, 1.807) is 30.1 Å². The molecule has 1 aliphatic heterocycles. The van der Waals surface area contributed by atoms with Gasteiger partial charge in [0.15, 0.2) is 0 Å². The predicted molar refractivity (Wildman–Crippen MR) is 112 cm³/mol. The highest BCUT2D eigenvalue weighted by Crippen LogP contribution is 2.24. The van der Waals surface area contributed by atoms with Gasteiger partial charge in [0.1, 0.15) is 12.0 Å². The maximum atomic E-state index is 12.4. The SMILES string of the molecule is CN(Cc1c(C=O)cccc1NC(=O)Oc1ccc([N+](=O)[O-])cc1)C1CCC(=O)NC1=O. The zero-order valence-electron chi connectivity index (χ0n) is 17.1. The van der Waals surface area contributed by atoms with Crippen molar-refractivity contribution >= 4 is 35.6 Å². The molecule has 3 rings (SSSR count). The molecule has 3 amide bonds. The number of nitrogens with zero attached hydrogens (tertiary/aromatic N) is 2. The molecule has 1 fully saturated rings. The Morgan fingerprint density at radius 3 is 2.62 bits per heavy atom. The van der Waals surface area contributed by atoms with Crippen molar-refractivity contribution in [3.63, 3.8) is 0 Å². The number of nitro groups is 1. The third-order valence-corrected chi connectivity index (χ3v) is 4.98. The molecule has 2 N–H and O–H groups in total. The lowest BCUT2D eigenvalue weighted by atomic mass is 10.0. The van der Waals surface area contributed by atoms with E-state index in [1.165, 1.54) is 24.3 Å². The topological polar surface area (TPSA) is 148 Å². The monoisotopic (exact) mass is 440 g/mol. The second kappa shape index (κ2) is 9.79. The lowest BCUT2D eigenvalue weighted by Crippen LogP contribution is -2.51. The zero-order chi connectivity index (χ0) is 23.3. The summed E-state index contributed by atoms with van der Waals surface area (Å²) in [6.45, 7) is 0.147. The number of nitrogens with one attached hydrogen (secondary N) is 2. The Morgan fingerprint density at radius 2 is 2.00 bits per heavy atom. The average molecular weight is 440 g/mol. The number of non-ortho nitro benzene ring substituents is 1. The van der Waals surface area contributed by atoms with E-state index in [1.807, 2.05) is 0 Å². The number of benzene rings is 2. The molecule has 11 heteroatoms. The number of hydrogen-bond acceptors (Lipinski definition) is 8. The first-order valence-corrected chi connectivity index (χ1v) is 9.62. The molecule has 0 spiro atoms. The molecule has 0 radical (unpaired) electrons. The number of anilines is 1. The number of hydrogen-bond donors (Lipinski definition) is 2. The molecule has 11 nitrogen and oxygen atoms in total. The predicted octanol–water partition coefficient (Wildman–Crippen LogP) is 2.26. The quantitative estimate of drug-likeness (QED) is 0.288. The van der Waals surface area contributed by atoms with Crippen molar-refractivity contribution < 1.29 is 28.8 Å². The van der Waals surface area contributed by atoms with E-state index < -0.39 is 23.0 Å². The van der Waals surface area contributed by atoms with Gasteiger partial charge in [-0.3, -0.25) is 40.0 Å². The second-order valence-electron chi connectivity index (χ2n) is 7.14. The summed E-state index contributed by atoms with van der Waals surface area (Å²) in [5.41, 5.74) is 0.948. The summed E-state index contributed by atoms with van der Waals surface area (Å²) in [6.07, 6.45) is 0.338. The van der Waals surface area contributed by atoms with Crippen LogP contribution in [0.4, 0.5) is 16.2 Å². The highest BCUT2D eigenvalue weighted by Gasteiger charge is 2.30. The first-order valence-electron chi connectivity index (χ1n) is 9.62. The fourth-order valence-corrected chi connectivity index (χ4v) is 3.35. The van der Waals surface area contributed by atoms with Crippen molar-refractivity contribution in [1.29, 1.82) is 0 Å². The fourth-order valence-electron chi connectivity index (χ4n) is 3.35. The van der Waals surface area contributed by atoms with Gasteiger partial charge in [-0.1, -0.05) is 12.1 Å². The summed E-state index contributed by atoms with van der Waals surface area (Å²) in [4.78, 5) is 59.3. The standard InChI is InChI=1S/C21H20N4O7/c1-24(18-9-10-19(27)23-20(18)28)11-16-13(12-26)3-2-4-17(16)22-21(29)32-15-7-5-14(6-8-15)25(30)31/h2-8,12,18H,9-11H2,1H3,(H,22,29)(H,23,27,28). The van der Waals surface area contributed by atoms with Crippen LogP contribution in [0.3, 0.4) is 0 Å². The van der Waals surface area contributed by atoms with Gasteiger partial charge >= 0.3 is 6.09 Å². The first kappa shape index (κ1) is 22.6. The molecule has 1 atom stereocenters. The van der Waals surface area contributed by atoms with Gasteiger partial charge in [0.05, 0.1) is 11.0 Å². The molecule has 0 aromatic heterocycles. The smallest absolute Gasteiger partial charge is 0.410 e. The van der Waals surface area contributed by atoms with E-state index in [2.05, 4.69) is 10.6 Å². The van der Waals surface area contributed by atoms with Gasteiger partial charge in [0, 0.05) is 41.9 Å². The number of ether oxygens (including phenoxy) is 1. The molecule has 1 unspecified atom stereocenters. The Labute approximate surface area is 182 Å². The van der Waals surface area contributed by atoms with Crippen LogP contribution in [0.15, 0.2) is 42.5 Å². The molecule has 2 aromatic rings. The largest absolute Gasteiger partial charge is 0.417 e. The number of carbonyl (C=O) groups excluding carboxylic acids is 4. The van der Waals surface area contributed by atoms with Crippen molar-refractivity contribution in [3.05, 3.63) is 63.7 Å². The van der Waals surface area contributed by atoms with Gasteiger partial charge in [-0.2, -0.15) is 0 Å². The summed E-state index contributed by atoms with van der Waals surface area (Å²) >= 11 is 0. The summed E-state index contributed by atoms with van der Waals surface area (Å²) in [6, 6.07) is 9.17. The van der Waals surface area contributed by atoms with E-state index in [0.29, 0.717) is 29.5 Å². The molecule has 0 aliphatic carbocycles. The Kier molecular flexibility index (Phi) is 6.90. The molecular weight excluding hydrogens is 420 g/mol.